The number of methoxy groups -OCH3 is 1. The molecule has 0 atom stereocenters. The van der Waals surface area contributed by atoms with Crippen molar-refractivity contribution in [2.75, 3.05) is 17.7 Å². The summed E-state index contributed by atoms with van der Waals surface area (Å²) in [6.07, 6.45) is 2.22. The third-order valence-electron chi connectivity index (χ3n) is 5.22. The lowest BCUT2D eigenvalue weighted by atomic mass is 10.0. The van der Waals surface area contributed by atoms with Crippen LogP contribution in [0.25, 0.3) is 11.3 Å². The summed E-state index contributed by atoms with van der Waals surface area (Å²) in [4.78, 5) is 12.7. The molecule has 0 aliphatic heterocycles. The zero-order chi connectivity index (χ0) is 20.4. The number of amides is 2. The molecule has 0 bridgehead atoms. The minimum absolute atomic E-state index is 0.277. The number of benzene rings is 2. The van der Waals surface area contributed by atoms with Crippen LogP contribution in [0.1, 0.15) is 49.8 Å². The maximum Gasteiger partial charge on any atom is 0.323 e. The molecule has 0 spiro atoms. The SMILES string of the molecule is COc1ccc(-c2n[nH]c(C3CC3)c2NC(=O)Nc2ccc(C(C)C)cc2)cc1. The molecule has 29 heavy (non-hydrogen) atoms. The van der Waals surface area contributed by atoms with E-state index < -0.39 is 0 Å². The van der Waals surface area contributed by atoms with Crippen LogP contribution >= 0.6 is 0 Å². The first-order valence-electron chi connectivity index (χ1n) is 9.95. The molecule has 1 aromatic heterocycles. The van der Waals surface area contributed by atoms with Crippen LogP contribution in [0.4, 0.5) is 16.2 Å². The van der Waals surface area contributed by atoms with E-state index in [-0.39, 0.29) is 6.03 Å². The second kappa shape index (κ2) is 7.99. The fraction of sp³-hybridized carbons (Fsp3) is 0.304. The van der Waals surface area contributed by atoms with E-state index in [2.05, 4.69) is 34.7 Å². The molecule has 0 radical (unpaired) electrons. The minimum atomic E-state index is -0.277. The Balaban J connectivity index is 1.55. The molecular weight excluding hydrogens is 364 g/mol. The molecule has 3 N–H and O–H groups in total. The van der Waals surface area contributed by atoms with Crippen LogP contribution in [0.5, 0.6) is 5.75 Å². The van der Waals surface area contributed by atoms with E-state index in [4.69, 9.17) is 4.74 Å². The van der Waals surface area contributed by atoms with E-state index in [1.807, 2.05) is 48.5 Å². The van der Waals surface area contributed by atoms with Crippen molar-refractivity contribution < 1.29 is 9.53 Å². The van der Waals surface area contributed by atoms with Gasteiger partial charge in [-0.2, -0.15) is 5.10 Å². The number of urea groups is 1. The molecule has 0 saturated heterocycles. The maximum atomic E-state index is 12.7. The summed E-state index contributed by atoms with van der Waals surface area (Å²) in [5.41, 5.74) is 5.39. The molecule has 4 rings (SSSR count). The third-order valence-corrected chi connectivity index (χ3v) is 5.22. The number of H-pyrrole nitrogens is 1. The Morgan fingerprint density at radius 1 is 1.07 bits per heavy atom. The number of nitrogens with zero attached hydrogens (tertiary/aromatic N) is 1. The van der Waals surface area contributed by atoms with Gasteiger partial charge in [-0.3, -0.25) is 5.10 Å². The molecule has 6 nitrogen and oxygen atoms in total. The number of aromatic amines is 1. The van der Waals surface area contributed by atoms with Gasteiger partial charge in [0, 0.05) is 17.2 Å². The number of rotatable bonds is 6. The fourth-order valence-electron chi connectivity index (χ4n) is 3.33. The summed E-state index contributed by atoms with van der Waals surface area (Å²) in [5, 5.41) is 13.6. The first kappa shape index (κ1) is 19.1. The number of nitrogens with one attached hydrogen (secondary N) is 3. The molecule has 2 amide bonds. The van der Waals surface area contributed by atoms with Gasteiger partial charge in [-0.1, -0.05) is 26.0 Å². The summed E-state index contributed by atoms with van der Waals surface area (Å²) in [7, 11) is 1.64. The molecule has 3 aromatic rings. The van der Waals surface area contributed by atoms with Crippen LogP contribution in [0.15, 0.2) is 48.5 Å². The van der Waals surface area contributed by atoms with Gasteiger partial charge in [0.1, 0.15) is 11.4 Å². The molecule has 1 aliphatic carbocycles. The normalized spacial score (nSPS) is 13.4. The second-order valence-electron chi connectivity index (χ2n) is 7.72. The molecule has 150 valence electrons. The van der Waals surface area contributed by atoms with Gasteiger partial charge in [-0.25, -0.2) is 4.79 Å². The van der Waals surface area contributed by atoms with Crippen molar-refractivity contribution >= 4 is 17.4 Å². The Bertz CT molecular complexity index is 987. The van der Waals surface area contributed by atoms with Crippen LogP contribution in [0.3, 0.4) is 0 Å². The van der Waals surface area contributed by atoms with Crippen molar-refractivity contribution in [3.05, 3.63) is 59.8 Å². The van der Waals surface area contributed by atoms with Crippen LogP contribution < -0.4 is 15.4 Å². The van der Waals surface area contributed by atoms with E-state index in [1.165, 1.54) is 5.56 Å². The highest BCUT2D eigenvalue weighted by Gasteiger charge is 2.31. The smallest absolute Gasteiger partial charge is 0.323 e. The van der Waals surface area contributed by atoms with E-state index >= 15 is 0 Å². The van der Waals surface area contributed by atoms with Crippen molar-refractivity contribution in [2.45, 2.75) is 38.5 Å². The van der Waals surface area contributed by atoms with Crippen molar-refractivity contribution in [1.29, 1.82) is 0 Å². The molecule has 1 aliphatic rings. The van der Waals surface area contributed by atoms with Crippen LogP contribution in [0.2, 0.25) is 0 Å². The number of ether oxygens (including phenoxy) is 1. The minimum Gasteiger partial charge on any atom is -0.497 e. The van der Waals surface area contributed by atoms with Gasteiger partial charge in [0.25, 0.3) is 0 Å². The van der Waals surface area contributed by atoms with Crippen LogP contribution in [0, 0.1) is 0 Å². The topological polar surface area (TPSA) is 79.0 Å². The highest BCUT2D eigenvalue weighted by Crippen LogP contribution is 2.45. The number of carbonyl (C=O) groups excluding carboxylic acids is 1. The highest BCUT2D eigenvalue weighted by atomic mass is 16.5. The lowest BCUT2D eigenvalue weighted by molar-refractivity contribution is 0.262. The van der Waals surface area contributed by atoms with Crippen molar-refractivity contribution in [2.24, 2.45) is 0 Å². The molecule has 1 fully saturated rings. The summed E-state index contributed by atoms with van der Waals surface area (Å²) < 4.78 is 5.23. The quantitative estimate of drug-likeness (QED) is 0.503. The predicted octanol–water partition coefficient (Wildman–Crippen LogP) is 5.73. The molecule has 1 heterocycles. The average molecular weight is 390 g/mol. The zero-order valence-corrected chi connectivity index (χ0v) is 17.0. The number of anilines is 2. The Morgan fingerprint density at radius 2 is 1.76 bits per heavy atom. The number of hydrogen-bond donors (Lipinski definition) is 3. The van der Waals surface area contributed by atoms with Gasteiger partial charge in [0.15, 0.2) is 0 Å². The third kappa shape index (κ3) is 4.26. The van der Waals surface area contributed by atoms with Gasteiger partial charge in [-0.05, 0) is 60.7 Å². The largest absolute Gasteiger partial charge is 0.497 e. The van der Waals surface area contributed by atoms with Crippen molar-refractivity contribution in [3.63, 3.8) is 0 Å². The van der Waals surface area contributed by atoms with Gasteiger partial charge < -0.3 is 15.4 Å². The van der Waals surface area contributed by atoms with Gasteiger partial charge >= 0.3 is 6.03 Å². The molecule has 1 saturated carbocycles. The summed E-state index contributed by atoms with van der Waals surface area (Å²) in [5.74, 6) is 1.66. The second-order valence-corrected chi connectivity index (χ2v) is 7.72. The van der Waals surface area contributed by atoms with E-state index in [0.29, 0.717) is 11.8 Å². The Hall–Kier alpha value is -3.28. The molecule has 0 unspecified atom stereocenters. The Morgan fingerprint density at radius 3 is 2.34 bits per heavy atom. The van der Waals surface area contributed by atoms with Crippen LogP contribution in [-0.2, 0) is 0 Å². The average Bonchev–Trinajstić information content (AvgIpc) is 3.49. The van der Waals surface area contributed by atoms with Gasteiger partial charge in [0.2, 0.25) is 0 Å². The Labute approximate surface area is 170 Å². The highest BCUT2D eigenvalue weighted by molar-refractivity contribution is 6.02. The summed E-state index contributed by atoms with van der Waals surface area (Å²) >= 11 is 0. The zero-order valence-electron chi connectivity index (χ0n) is 17.0. The Kier molecular flexibility index (Phi) is 5.25. The predicted molar refractivity (Wildman–Crippen MR) is 116 cm³/mol. The van der Waals surface area contributed by atoms with Crippen LogP contribution in [-0.4, -0.2) is 23.3 Å². The fourth-order valence-corrected chi connectivity index (χ4v) is 3.33. The van der Waals surface area contributed by atoms with E-state index in [1.54, 1.807) is 7.11 Å². The van der Waals surface area contributed by atoms with Crippen molar-refractivity contribution in [3.8, 4) is 17.0 Å². The van der Waals surface area contributed by atoms with E-state index in [9.17, 15) is 4.79 Å². The monoisotopic (exact) mass is 390 g/mol. The number of carbonyl (C=O) groups is 1. The summed E-state index contributed by atoms with van der Waals surface area (Å²) in [6.45, 7) is 4.29. The molecular formula is C23H26N4O2. The lowest BCUT2D eigenvalue weighted by Gasteiger charge is -2.11. The first-order valence-corrected chi connectivity index (χ1v) is 9.95. The summed E-state index contributed by atoms with van der Waals surface area (Å²) in [6, 6.07) is 15.3. The van der Waals surface area contributed by atoms with Crippen molar-refractivity contribution in [1.82, 2.24) is 10.2 Å². The standard InChI is InChI=1S/C23H26N4O2/c1-14(2)15-6-10-18(11-7-15)24-23(28)25-22-20(16-4-5-16)26-27-21(22)17-8-12-19(29-3)13-9-17/h6-14,16H,4-5H2,1-3H3,(H,26,27)(H2,24,25,28). The van der Waals surface area contributed by atoms with E-state index in [0.717, 1.165) is 46.9 Å². The number of hydrogen-bond acceptors (Lipinski definition) is 3. The molecule has 6 heteroatoms. The first-order chi connectivity index (χ1) is 14.0. The number of aromatic nitrogens is 2. The van der Waals surface area contributed by atoms with Gasteiger partial charge in [0.05, 0.1) is 18.5 Å². The maximum absolute atomic E-state index is 12.7. The lowest BCUT2D eigenvalue weighted by Crippen LogP contribution is -2.20. The van der Waals surface area contributed by atoms with Gasteiger partial charge in [-0.15, -0.1) is 0 Å². The molecule has 2 aromatic carbocycles.